The quantitative estimate of drug-likeness (QED) is 0.691. The van der Waals surface area contributed by atoms with E-state index in [1.807, 2.05) is 32.0 Å². The molecule has 2 aromatic rings. The first-order chi connectivity index (χ1) is 9.93. The molecule has 0 aliphatic carbocycles. The van der Waals surface area contributed by atoms with Crippen molar-refractivity contribution >= 4 is 5.69 Å². The van der Waals surface area contributed by atoms with Gasteiger partial charge >= 0.3 is 5.69 Å². The molecule has 0 radical (unpaired) electrons. The number of rotatable bonds is 4. The van der Waals surface area contributed by atoms with Crippen LogP contribution in [0.4, 0.5) is 5.69 Å². The lowest BCUT2D eigenvalue weighted by Crippen LogP contribution is -2.04. The van der Waals surface area contributed by atoms with Crippen molar-refractivity contribution < 1.29 is 14.8 Å². The zero-order valence-corrected chi connectivity index (χ0v) is 12.2. The highest BCUT2D eigenvalue weighted by atomic mass is 16.6. The molecule has 5 nitrogen and oxygen atoms in total. The molecule has 0 amide bonds. The molecule has 2 aromatic carbocycles. The van der Waals surface area contributed by atoms with Gasteiger partial charge in [0, 0.05) is 6.07 Å². The van der Waals surface area contributed by atoms with E-state index in [-0.39, 0.29) is 11.4 Å². The molecule has 0 aromatic heterocycles. The van der Waals surface area contributed by atoms with E-state index in [4.69, 9.17) is 4.74 Å². The first-order valence-corrected chi connectivity index (χ1v) is 6.51. The van der Waals surface area contributed by atoms with Gasteiger partial charge in [0.15, 0.2) is 5.75 Å². The Morgan fingerprint density at radius 2 is 1.90 bits per heavy atom. The molecule has 0 saturated heterocycles. The number of aliphatic hydroxyl groups is 1. The summed E-state index contributed by atoms with van der Waals surface area (Å²) in [4.78, 5) is 10.5. The van der Waals surface area contributed by atoms with Gasteiger partial charge in [0.25, 0.3) is 0 Å². The summed E-state index contributed by atoms with van der Waals surface area (Å²) in [7, 11) is 1.38. The molecule has 0 aliphatic rings. The molecule has 0 heterocycles. The largest absolute Gasteiger partial charge is 0.490 e. The van der Waals surface area contributed by atoms with E-state index in [2.05, 4.69) is 0 Å². The van der Waals surface area contributed by atoms with Gasteiger partial charge in [-0.25, -0.2) is 0 Å². The number of aliphatic hydroxyl groups excluding tert-OH is 1. The van der Waals surface area contributed by atoms with Crippen molar-refractivity contribution in [3.05, 3.63) is 68.8 Å². The Kier molecular flexibility index (Phi) is 4.23. The second-order valence-electron chi connectivity index (χ2n) is 4.95. The van der Waals surface area contributed by atoms with Crippen LogP contribution in [0.15, 0.2) is 36.4 Å². The van der Waals surface area contributed by atoms with Crippen molar-refractivity contribution in [2.75, 3.05) is 7.11 Å². The maximum atomic E-state index is 11.1. The van der Waals surface area contributed by atoms with Crippen molar-refractivity contribution in [2.24, 2.45) is 0 Å². The van der Waals surface area contributed by atoms with Gasteiger partial charge in [-0.15, -0.1) is 0 Å². The molecular formula is C16H17NO4. The minimum Gasteiger partial charge on any atom is -0.490 e. The Bertz CT molecular complexity index is 682. The molecule has 110 valence electrons. The van der Waals surface area contributed by atoms with E-state index < -0.39 is 11.0 Å². The highest BCUT2D eigenvalue weighted by Crippen LogP contribution is 2.33. The van der Waals surface area contributed by atoms with Gasteiger partial charge in [0.2, 0.25) is 0 Å². The standard InChI is InChI=1S/C16H17NO4/c1-10-4-5-11(2)13(8-10)16(18)12-6-7-15(21-3)14(9-12)17(19)20/h4-9,16,18H,1-3H3/t16-/m0/s1. The first-order valence-electron chi connectivity index (χ1n) is 6.51. The molecule has 1 atom stereocenters. The number of nitrogens with zero attached hydrogens (tertiary/aromatic N) is 1. The molecular weight excluding hydrogens is 270 g/mol. The Balaban J connectivity index is 2.48. The lowest BCUT2D eigenvalue weighted by Gasteiger charge is -2.15. The van der Waals surface area contributed by atoms with Crippen molar-refractivity contribution in [2.45, 2.75) is 20.0 Å². The molecule has 0 fully saturated rings. The lowest BCUT2D eigenvalue weighted by atomic mass is 9.95. The number of hydrogen-bond donors (Lipinski definition) is 1. The molecule has 0 spiro atoms. The fourth-order valence-corrected chi connectivity index (χ4v) is 2.25. The second-order valence-corrected chi connectivity index (χ2v) is 4.95. The minimum absolute atomic E-state index is 0.153. The summed E-state index contributed by atoms with van der Waals surface area (Å²) in [6.07, 6.45) is -0.908. The highest BCUT2D eigenvalue weighted by Gasteiger charge is 2.20. The van der Waals surface area contributed by atoms with Crippen LogP contribution in [-0.4, -0.2) is 17.1 Å². The fraction of sp³-hybridized carbons (Fsp3) is 0.250. The van der Waals surface area contributed by atoms with Crippen LogP contribution in [0, 0.1) is 24.0 Å². The summed E-state index contributed by atoms with van der Waals surface area (Å²) >= 11 is 0. The van der Waals surface area contributed by atoms with Crippen LogP contribution >= 0.6 is 0 Å². The van der Waals surface area contributed by atoms with Gasteiger partial charge < -0.3 is 9.84 Å². The Morgan fingerprint density at radius 1 is 1.19 bits per heavy atom. The maximum absolute atomic E-state index is 11.1. The third-order valence-electron chi connectivity index (χ3n) is 3.44. The number of nitro benzene ring substituents is 1. The SMILES string of the molecule is COc1ccc([C@H](O)c2cc(C)ccc2C)cc1[N+](=O)[O-]. The van der Waals surface area contributed by atoms with Crippen LogP contribution in [0.1, 0.15) is 28.4 Å². The zero-order chi connectivity index (χ0) is 15.6. The number of methoxy groups -OCH3 is 1. The molecule has 0 unspecified atom stereocenters. The number of nitro groups is 1. The fourth-order valence-electron chi connectivity index (χ4n) is 2.25. The summed E-state index contributed by atoms with van der Waals surface area (Å²) in [5.41, 5.74) is 3.02. The van der Waals surface area contributed by atoms with Crippen LogP contribution < -0.4 is 4.74 Å². The van der Waals surface area contributed by atoms with Gasteiger partial charge in [0.1, 0.15) is 6.10 Å². The van der Waals surface area contributed by atoms with E-state index in [9.17, 15) is 15.2 Å². The molecule has 0 bridgehead atoms. The summed E-state index contributed by atoms with van der Waals surface area (Å²) < 4.78 is 4.97. The summed E-state index contributed by atoms with van der Waals surface area (Å²) in [6, 6.07) is 10.3. The second kappa shape index (κ2) is 5.93. The van der Waals surface area contributed by atoms with Crippen LogP contribution in [-0.2, 0) is 0 Å². The van der Waals surface area contributed by atoms with Gasteiger partial charge in [-0.05, 0) is 36.6 Å². The summed E-state index contributed by atoms with van der Waals surface area (Å²) in [5.74, 6) is 0.178. The summed E-state index contributed by atoms with van der Waals surface area (Å²) in [6.45, 7) is 3.84. The topological polar surface area (TPSA) is 72.6 Å². The average molecular weight is 287 g/mol. The first kappa shape index (κ1) is 15.0. The normalized spacial score (nSPS) is 12.0. The third-order valence-corrected chi connectivity index (χ3v) is 3.44. The molecule has 5 heteroatoms. The van der Waals surface area contributed by atoms with Crippen LogP contribution in [0.5, 0.6) is 5.75 Å². The van der Waals surface area contributed by atoms with Crippen molar-refractivity contribution in [1.29, 1.82) is 0 Å². The van der Waals surface area contributed by atoms with E-state index in [1.165, 1.54) is 19.2 Å². The van der Waals surface area contributed by atoms with E-state index >= 15 is 0 Å². The smallest absolute Gasteiger partial charge is 0.311 e. The molecule has 0 aliphatic heterocycles. The summed E-state index contributed by atoms with van der Waals surface area (Å²) in [5, 5.41) is 21.6. The van der Waals surface area contributed by atoms with Crippen molar-refractivity contribution in [3.63, 3.8) is 0 Å². The van der Waals surface area contributed by atoms with E-state index in [0.717, 1.165) is 16.7 Å². The number of aryl methyl sites for hydroxylation is 2. The molecule has 21 heavy (non-hydrogen) atoms. The van der Waals surface area contributed by atoms with Crippen LogP contribution in [0.25, 0.3) is 0 Å². The number of hydrogen-bond acceptors (Lipinski definition) is 4. The number of ether oxygens (including phenoxy) is 1. The minimum atomic E-state index is -0.908. The maximum Gasteiger partial charge on any atom is 0.311 e. The van der Waals surface area contributed by atoms with E-state index in [0.29, 0.717) is 5.56 Å². The molecule has 2 rings (SSSR count). The van der Waals surface area contributed by atoms with Crippen molar-refractivity contribution in [3.8, 4) is 5.75 Å². The van der Waals surface area contributed by atoms with Crippen LogP contribution in [0.3, 0.4) is 0 Å². The predicted octanol–water partition coefficient (Wildman–Crippen LogP) is 3.30. The highest BCUT2D eigenvalue weighted by molar-refractivity contribution is 5.51. The van der Waals surface area contributed by atoms with Gasteiger partial charge in [-0.1, -0.05) is 29.8 Å². The monoisotopic (exact) mass is 287 g/mol. The number of benzene rings is 2. The average Bonchev–Trinajstić information content (AvgIpc) is 2.48. The Labute approximate surface area is 123 Å². The van der Waals surface area contributed by atoms with Crippen LogP contribution in [0.2, 0.25) is 0 Å². The molecule has 0 saturated carbocycles. The zero-order valence-electron chi connectivity index (χ0n) is 12.2. The molecule has 1 N–H and O–H groups in total. The van der Waals surface area contributed by atoms with Gasteiger partial charge in [-0.2, -0.15) is 0 Å². The van der Waals surface area contributed by atoms with Crippen molar-refractivity contribution in [1.82, 2.24) is 0 Å². The third kappa shape index (κ3) is 3.03. The van der Waals surface area contributed by atoms with Gasteiger partial charge in [-0.3, -0.25) is 10.1 Å². The Hall–Kier alpha value is -2.40. The van der Waals surface area contributed by atoms with Gasteiger partial charge in [0.05, 0.1) is 12.0 Å². The lowest BCUT2D eigenvalue weighted by molar-refractivity contribution is -0.385. The van der Waals surface area contributed by atoms with E-state index in [1.54, 1.807) is 6.07 Å². The predicted molar refractivity (Wildman–Crippen MR) is 79.6 cm³/mol. The Morgan fingerprint density at radius 3 is 2.52 bits per heavy atom.